The summed E-state index contributed by atoms with van der Waals surface area (Å²) in [5.74, 6) is -0.0486. The summed E-state index contributed by atoms with van der Waals surface area (Å²) in [6.45, 7) is 6.39. The predicted molar refractivity (Wildman–Crippen MR) is 84.1 cm³/mol. The van der Waals surface area contributed by atoms with E-state index in [0.29, 0.717) is 0 Å². The number of hydrogen-bond acceptors (Lipinski definition) is 3. The van der Waals surface area contributed by atoms with Crippen molar-refractivity contribution in [2.45, 2.75) is 20.8 Å². The summed E-state index contributed by atoms with van der Waals surface area (Å²) in [6, 6.07) is 8.49. The molecule has 3 rings (SSSR count). The van der Waals surface area contributed by atoms with Crippen molar-refractivity contribution in [1.29, 1.82) is 0 Å². The van der Waals surface area contributed by atoms with E-state index in [2.05, 4.69) is 48.4 Å². The van der Waals surface area contributed by atoms with Crippen LogP contribution in [0.3, 0.4) is 0 Å². The van der Waals surface area contributed by atoms with Crippen LogP contribution in [-0.2, 0) is 4.79 Å². The molecule has 0 unspecified atom stereocenters. The molecule has 2 aromatic rings. The predicted octanol–water partition coefficient (Wildman–Crippen LogP) is 3.46. The molecule has 4 heteroatoms. The molecule has 1 aliphatic heterocycles. The highest BCUT2D eigenvalue weighted by Crippen LogP contribution is 2.31. The Morgan fingerprint density at radius 3 is 2.50 bits per heavy atom. The number of hydrogen-bond donors (Lipinski definition) is 1. The first kappa shape index (κ1) is 13.1. The van der Waals surface area contributed by atoms with Gasteiger partial charge in [-0.25, -0.2) is 0 Å². The molecule has 20 heavy (non-hydrogen) atoms. The highest BCUT2D eigenvalue weighted by molar-refractivity contribution is 7.16. The van der Waals surface area contributed by atoms with Crippen LogP contribution in [0.4, 0.5) is 5.00 Å². The molecular weight excluding hydrogens is 268 g/mol. The number of aliphatic imine (C=N–C) groups is 1. The second kappa shape index (κ2) is 4.87. The van der Waals surface area contributed by atoms with E-state index in [-0.39, 0.29) is 12.5 Å². The third-order valence-electron chi connectivity index (χ3n) is 3.24. The normalized spacial score (nSPS) is 14.3. The summed E-state index contributed by atoms with van der Waals surface area (Å²) >= 11 is 1.60. The van der Waals surface area contributed by atoms with E-state index in [9.17, 15) is 4.79 Å². The Morgan fingerprint density at radius 1 is 1.10 bits per heavy atom. The fourth-order valence-electron chi connectivity index (χ4n) is 2.54. The number of nitrogens with zero attached hydrogens (tertiary/aromatic N) is 1. The Kier molecular flexibility index (Phi) is 3.18. The Hall–Kier alpha value is -1.94. The second-order valence-corrected chi connectivity index (χ2v) is 6.45. The summed E-state index contributed by atoms with van der Waals surface area (Å²) in [4.78, 5) is 17.5. The minimum absolute atomic E-state index is 0.0486. The van der Waals surface area contributed by atoms with Gasteiger partial charge in [0.1, 0.15) is 11.5 Å². The topological polar surface area (TPSA) is 41.5 Å². The van der Waals surface area contributed by atoms with Crippen molar-refractivity contribution in [2.24, 2.45) is 4.99 Å². The number of carbonyl (C=O) groups excluding carboxylic acids is 1. The number of rotatable bonds is 1. The zero-order chi connectivity index (χ0) is 14.3. The first-order valence-corrected chi connectivity index (χ1v) is 7.38. The lowest BCUT2D eigenvalue weighted by Crippen LogP contribution is -2.12. The summed E-state index contributed by atoms with van der Waals surface area (Å²) in [5.41, 5.74) is 5.44. The van der Waals surface area contributed by atoms with Crippen LogP contribution >= 0.6 is 11.3 Å². The lowest BCUT2D eigenvalue weighted by molar-refractivity contribution is -0.114. The number of carbonyl (C=O) groups is 1. The van der Waals surface area contributed by atoms with Crippen LogP contribution in [0.1, 0.15) is 27.1 Å². The summed E-state index contributed by atoms with van der Waals surface area (Å²) in [5, 5.41) is 3.84. The number of fused-ring (bicyclic) bond motifs is 1. The molecule has 1 aromatic carbocycles. The van der Waals surface area contributed by atoms with Gasteiger partial charge in [0.05, 0.1) is 5.71 Å². The minimum Gasteiger partial charge on any atom is -0.316 e. The summed E-state index contributed by atoms with van der Waals surface area (Å²) in [6.07, 6.45) is 0. The van der Waals surface area contributed by atoms with Gasteiger partial charge in [0.2, 0.25) is 5.91 Å². The molecule has 0 spiro atoms. The molecule has 0 bridgehead atoms. The number of nitrogens with one attached hydrogen (secondary N) is 1. The molecule has 0 saturated heterocycles. The molecular formula is C16H16N2OS. The number of anilines is 1. The molecule has 0 fully saturated rings. The maximum Gasteiger partial charge on any atom is 0.246 e. The smallest absolute Gasteiger partial charge is 0.246 e. The zero-order valence-electron chi connectivity index (χ0n) is 11.8. The second-order valence-electron chi connectivity index (χ2n) is 5.19. The number of aryl methyl sites for hydroxylation is 3. The molecule has 1 aliphatic rings. The molecule has 1 amide bonds. The van der Waals surface area contributed by atoms with Gasteiger partial charge in [0.25, 0.3) is 0 Å². The van der Waals surface area contributed by atoms with Gasteiger partial charge in [-0.05, 0) is 39.0 Å². The van der Waals surface area contributed by atoms with Crippen molar-refractivity contribution in [1.82, 2.24) is 0 Å². The lowest BCUT2D eigenvalue weighted by Gasteiger charge is -2.08. The zero-order valence-corrected chi connectivity index (χ0v) is 12.6. The monoisotopic (exact) mass is 284 g/mol. The highest BCUT2D eigenvalue weighted by atomic mass is 32.1. The SMILES string of the molecule is Cc1cc(C)cc(C2=NCC(=O)Nc3sc(C)cc32)c1. The Bertz CT molecular complexity index is 708. The van der Waals surface area contributed by atoms with Crippen molar-refractivity contribution < 1.29 is 4.79 Å². The van der Waals surface area contributed by atoms with Crippen molar-refractivity contribution in [3.63, 3.8) is 0 Å². The van der Waals surface area contributed by atoms with E-state index in [1.807, 2.05) is 6.92 Å². The first-order valence-electron chi connectivity index (χ1n) is 6.57. The maximum absolute atomic E-state index is 11.8. The van der Waals surface area contributed by atoms with Gasteiger partial charge in [-0.15, -0.1) is 11.3 Å². The Morgan fingerprint density at radius 2 is 1.80 bits per heavy atom. The number of benzene rings is 1. The van der Waals surface area contributed by atoms with Crippen LogP contribution in [0.2, 0.25) is 0 Å². The minimum atomic E-state index is -0.0486. The standard InChI is InChI=1S/C16H16N2OS/c1-9-4-10(2)6-12(5-9)15-13-7-11(3)20-16(13)18-14(19)8-17-15/h4-7H,8H2,1-3H3,(H,18,19). The van der Waals surface area contributed by atoms with Crippen LogP contribution in [0.15, 0.2) is 29.3 Å². The van der Waals surface area contributed by atoms with E-state index in [1.54, 1.807) is 11.3 Å². The molecule has 0 atom stereocenters. The molecule has 1 N–H and O–H groups in total. The van der Waals surface area contributed by atoms with Gasteiger partial charge in [0, 0.05) is 16.0 Å². The maximum atomic E-state index is 11.8. The van der Waals surface area contributed by atoms with Gasteiger partial charge in [0.15, 0.2) is 0 Å². The summed E-state index contributed by atoms with van der Waals surface area (Å²) < 4.78 is 0. The largest absolute Gasteiger partial charge is 0.316 e. The van der Waals surface area contributed by atoms with Crippen LogP contribution in [0.5, 0.6) is 0 Å². The van der Waals surface area contributed by atoms with E-state index in [0.717, 1.165) is 21.8 Å². The third kappa shape index (κ3) is 2.39. The highest BCUT2D eigenvalue weighted by Gasteiger charge is 2.20. The molecule has 2 heterocycles. The van der Waals surface area contributed by atoms with Crippen LogP contribution in [-0.4, -0.2) is 18.2 Å². The van der Waals surface area contributed by atoms with E-state index in [4.69, 9.17) is 0 Å². The average Bonchev–Trinajstić information content (AvgIpc) is 2.61. The third-order valence-corrected chi connectivity index (χ3v) is 4.21. The van der Waals surface area contributed by atoms with E-state index in [1.165, 1.54) is 16.0 Å². The van der Waals surface area contributed by atoms with Gasteiger partial charge in [-0.1, -0.05) is 17.2 Å². The van der Waals surface area contributed by atoms with Gasteiger partial charge >= 0.3 is 0 Å². The number of amides is 1. The average molecular weight is 284 g/mol. The lowest BCUT2D eigenvalue weighted by atomic mass is 9.99. The molecule has 0 aliphatic carbocycles. The van der Waals surface area contributed by atoms with Gasteiger partial charge < -0.3 is 5.32 Å². The quantitative estimate of drug-likeness (QED) is 0.856. The molecule has 0 radical (unpaired) electrons. The van der Waals surface area contributed by atoms with E-state index >= 15 is 0 Å². The van der Waals surface area contributed by atoms with Crippen LogP contribution in [0.25, 0.3) is 0 Å². The van der Waals surface area contributed by atoms with Crippen LogP contribution < -0.4 is 5.32 Å². The van der Waals surface area contributed by atoms with E-state index < -0.39 is 0 Å². The van der Waals surface area contributed by atoms with Crippen LogP contribution in [0, 0.1) is 20.8 Å². The van der Waals surface area contributed by atoms with Gasteiger partial charge in [-0.2, -0.15) is 0 Å². The van der Waals surface area contributed by atoms with Gasteiger partial charge in [-0.3, -0.25) is 9.79 Å². The molecule has 3 nitrogen and oxygen atoms in total. The molecule has 0 saturated carbocycles. The molecule has 1 aromatic heterocycles. The Labute approximate surface area is 122 Å². The van der Waals surface area contributed by atoms with Crippen molar-refractivity contribution >= 4 is 28.0 Å². The van der Waals surface area contributed by atoms with Crippen molar-refractivity contribution in [3.8, 4) is 0 Å². The molecule has 102 valence electrons. The Balaban J connectivity index is 2.19. The number of thiophene rings is 1. The fraction of sp³-hybridized carbons (Fsp3) is 0.250. The first-order chi connectivity index (χ1) is 9.52. The summed E-state index contributed by atoms with van der Waals surface area (Å²) in [7, 11) is 0. The van der Waals surface area contributed by atoms with Crippen molar-refractivity contribution in [2.75, 3.05) is 11.9 Å². The van der Waals surface area contributed by atoms with Crippen molar-refractivity contribution in [3.05, 3.63) is 51.4 Å². The fourth-order valence-corrected chi connectivity index (χ4v) is 3.47.